The molecule has 2 rings (SSSR count). The highest BCUT2D eigenvalue weighted by molar-refractivity contribution is 6.30. The summed E-state index contributed by atoms with van der Waals surface area (Å²) in [5.41, 5.74) is 1.80. The minimum absolute atomic E-state index is 0.151. The fourth-order valence-electron chi connectivity index (χ4n) is 2.46. The van der Waals surface area contributed by atoms with Crippen LogP contribution in [0.1, 0.15) is 38.8 Å². The molecule has 0 spiro atoms. The molecule has 116 valence electrons. The summed E-state index contributed by atoms with van der Waals surface area (Å²) in [6.07, 6.45) is 2.87. The van der Waals surface area contributed by atoms with Gasteiger partial charge < -0.3 is 5.11 Å². The Labute approximate surface area is 130 Å². The minimum Gasteiger partial charge on any atom is -0.395 e. The quantitative estimate of drug-likeness (QED) is 0.799. The Kier molecular flexibility index (Phi) is 5.56. The largest absolute Gasteiger partial charge is 0.395 e. The number of fused-ring (bicyclic) bond motifs is 1. The zero-order chi connectivity index (χ0) is 15.4. The molecule has 0 bridgehead atoms. The molecule has 2 aromatic rings. The maximum Gasteiger partial charge on any atom is 0.159 e. The molecular formula is C15H23ClN4O. The number of aliphatic hydroxyl groups is 1. The summed E-state index contributed by atoms with van der Waals surface area (Å²) in [6.45, 7) is 8.69. The van der Waals surface area contributed by atoms with Crippen molar-refractivity contribution in [1.29, 1.82) is 0 Å². The van der Waals surface area contributed by atoms with E-state index in [9.17, 15) is 0 Å². The van der Waals surface area contributed by atoms with Crippen molar-refractivity contribution in [2.45, 2.75) is 39.8 Å². The molecule has 0 aromatic carbocycles. The van der Waals surface area contributed by atoms with Gasteiger partial charge in [0.2, 0.25) is 0 Å². The van der Waals surface area contributed by atoms with Crippen molar-refractivity contribution in [2.24, 2.45) is 0 Å². The van der Waals surface area contributed by atoms with Gasteiger partial charge >= 0.3 is 0 Å². The average molecular weight is 311 g/mol. The van der Waals surface area contributed by atoms with E-state index < -0.39 is 0 Å². The Morgan fingerprint density at radius 3 is 2.76 bits per heavy atom. The number of halogens is 1. The van der Waals surface area contributed by atoms with E-state index in [1.807, 2.05) is 10.9 Å². The summed E-state index contributed by atoms with van der Waals surface area (Å²) in [7, 11) is 0. The molecule has 0 atom stereocenters. The van der Waals surface area contributed by atoms with Gasteiger partial charge in [0.15, 0.2) is 5.65 Å². The van der Waals surface area contributed by atoms with Crippen LogP contribution in [-0.4, -0.2) is 44.5 Å². The van der Waals surface area contributed by atoms with Crippen LogP contribution in [0.4, 0.5) is 0 Å². The summed E-state index contributed by atoms with van der Waals surface area (Å²) < 4.78 is 1.88. The van der Waals surface area contributed by atoms with Gasteiger partial charge in [-0.2, -0.15) is 5.10 Å². The van der Waals surface area contributed by atoms with Gasteiger partial charge in [-0.25, -0.2) is 9.67 Å². The molecule has 6 heteroatoms. The van der Waals surface area contributed by atoms with E-state index in [1.165, 1.54) is 0 Å². The number of aromatic nitrogens is 3. The number of rotatable bonds is 7. The van der Waals surface area contributed by atoms with Crippen molar-refractivity contribution in [1.82, 2.24) is 19.7 Å². The molecule has 5 nitrogen and oxygen atoms in total. The molecule has 0 saturated heterocycles. The topological polar surface area (TPSA) is 54.2 Å². The second kappa shape index (κ2) is 7.20. The van der Waals surface area contributed by atoms with Gasteiger partial charge in [0.05, 0.1) is 12.8 Å². The third kappa shape index (κ3) is 3.73. The van der Waals surface area contributed by atoms with E-state index >= 15 is 0 Å². The Morgan fingerprint density at radius 1 is 1.38 bits per heavy atom. The van der Waals surface area contributed by atoms with Crippen LogP contribution in [0.3, 0.4) is 0 Å². The molecule has 2 heterocycles. The number of pyridine rings is 1. The Bertz CT molecular complexity index is 591. The highest BCUT2D eigenvalue weighted by atomic mass is 35.5. The predicted molar refractivity (Wildman–Crippen MR) is 85.6 cm³/mol. The van der Waals surface area contributed by atoms with Gasteiger partial charge in [-0.1, -0.05) is 18.5 Å². The first kappa shape index (κ1) is 16.2. The summed E-state index contributed by atoms with van der Waals surface area (Å²) >= 11 is 6.34. The number of aliphatic hydroxyl groups excluding tert-OH is 1. The van der Waals surface area contributed by atoms with E-state index in [4.69, 9.17) is 16.7 Å². The van der Waals surface area contributed by atoms with Crippen molar-refractivity contribution in [3.63, 3.8) is 0 Å². The monoisotopic (exact) mass is 310 g/mol. The Morgan fingerprint density at radius 2 is 2.14 bits per heavy atom. The highest BCUT2D eigenvalue weighted by Gasteiger charge is 2.13. The summed E-state index contributed by atoms with van der Waals surface area (Å²) in [4.78, 5) is 6.69. The lowest BCUT2D eigenvalue weighted by Crippen LogP contribution is -2.27. The average Bonchev–Trinajstić information content (AvgIpc) is 2.82. The van der Waals surface area contributed by atoms with Crippen molar-refractivity contribution in [3.05, 3.63) is 23.0 Å². The smallest absolute Gasteiger partial charge is 0.159 e. The lowest BCUT2D eigenvalue weighted by molar-refractivity contribution is 0.190. The minimum atomic E-state index is 0.151. The fourth-order valence-corrected chi connectivity index (χ4v) is 2.65. The number of nitrogens with zero attached hydrogens (tertiary/aromatic N) is 4. The standard InChI is InChI=1S/C15H23ClN4O/c1-4-5-19(6-7-21)10-13-8-12-9-17-20(11(2)3)15(12)18-14(13)16/h8-9,11,21H,4-7,10H2,1-3H3. The predicted octanol–water partition coefficient (Wildman–Crippen LogP) is 2.87. The molecule has 0 aliphatic rings. The first-order valence-electron chi connectivity index (χ1n) is 7.42. The van der Waals surface area contributed by atoms with E-state index in [2.05, 4.69) is 41.8 Å². The highest BCUT2D eigenvalue weighted by Crippen LogP contribution is 2.23. The number of hydrogen-bond donors (Lipinski definition) is 1. The van der Waals surface area contributed by atoms with E-state index in [-0.39, 0.29) is 12.6 Å². The molecule has 2 aromatic heterocycles. The molecule has 0 amide bonds. The van der Waals surface area contributed by atoms with Crippen LogP contribution in [-0.2, 0) is 6.54 Å². The van der Waals surface area contributed by atoms with Gasteiger partial charge in [0, 0.05) is 30.1 Å². The fraction of sp³-hybridized carbons (Fsp3) is 0.600. The first-order chi connectivity index (χ1) is 10.1. The van der Waals surface area contributed by atoms with Crippen molar-refractivity contribution < 1.29 is 5.11 Å². The van der Waals surface area contributed by atoms with Crippen LogP contribution >= 0.6 is 11.6 Å². The molecule has 0 aliphatic carbocycles. The van der Waals surface area contributed by atoms with E-state index in [1.54, 1.807) is 0 Å². The third-order valence-electron chi connectivity index (χ3n) is 3.43. The molecule has 0 radical (unpaired) electrons. The molecule has 0 saturated carbocycles. The zero-order valence-corrected chi connectivity index (χ0v) is 13.6. The van der Waals surface area contributed by atoms with Crippen LogP contribution < -0.4 is 0 Å². The Hall–Kier alpha value is -1.17. The summed E-state index contributed by atoms with van der Waals surface area (Å²) in [5, 5.41) is 15.0. The molecule has 21 heavy (non-hydrogen) atoms. The third-order valence-corrected chi connectivity index (χ3v) is 3.76. The maximum absolute atomic E-state index is 9.14. The molecular weight excluding hydrogens is 288 g/mol. The molecule has 0 fully saturated rings. The normalized spacial score (nSPS) is 12.0. The lowest BCUT2D eigenvalue weighted by atomic mass is 10.2. The van der Waals surface area contributed by atoms with Gasteiger partial charge in [-0.3, -0.25) is 4.90 Å². The molecule has 0 unspecified atom stereocenters. The van der Waals surface area contributed by atoms with Crippen LogP contribution in [0, 0.1) is 0 Å². The van der Waals surface area contributed by atoms with E-state index in [0.717, 1.165) is 29.6 Å². The van der Waals surface area contributed by atoms with Gasteiger partial charge in [-0.05, 0) is 32.9 Å². The van der Waals surface area contributed by atoms with Gasteiger partial charge in [0.1, 0.15) is 5.15 Å². The Balaban J connectivity index is 2.30. The van der Waals surface area contributed by atoms with Crippen LogP contribution in [0.15, 0.2) is 12.3 Å². The van der Waals surface area contributed by atoms with Gasteiger partial charge in [-0.15, -0.1) is 0 Å². The lowest BCUT2D eigenvalue weighted by Gasteiger charge is -2.21. The van der Waals surface area contributed by atoms with E-state index in [0.29, 0.717) is 18.2 Å². The molecule has 0 aliphatic heterocycles. The summed E-state index contributed by atoms with van der Waals surface area (Å²) in [5.74, 6) is 0. The summed E-state index contributed by atoms with van der Waals surface area (Å²) in [6, 6.07) is 2.30. The number of hydrogen-bond acceptors (Lipinski definition) is 4. The van der Waals surface area contributed by atoms with Crippen LogP contribution in [0.25, 0.3) is 11.0 Å². The van der Waals surface area contributed by atoms with Crippen molar-refractivity contribution in [2.75, 3.05) is 19.7 Å². The van der Waals surface area contributed by atoms with Crippen molar-refractivity contribution in [3.8, 4) is 0 Å². The second-order valence-corrected chi connectivity index (χ2v) is 5.89. The molecule has 1 N–H and O–H groups in total. The second-order valence-electron chi connectivity index (χ2n) is 5.53. The zero-order valence-electron chi connectivity index (χ0n) is 12.9. The van der Waals surface area contributed by atoms with Gasteiger partial charge in [0.25, 0.3) is 0 Å². The first-order valence-corrected chi connectivity index (χ1v) is 7.80. The van der Waals surface area contributed by atoms with Crippen molar-refractivity contribution >= 4 is 22.6 Å². The van der Waals surface area contributed by atoms with Crippen LogP contribution in [0.5, 0.6) is 0 Å². The SMILES string of the molecule is CCCN(CCO)Cc1cc2cnn(C(C)C)c2nc1Cl. The maximum atomic E-state index is 9.14. The van der Waals surface area contributed by atoms with Crippen LogP contribution in [0.2, 0.25) is 5.15 Å².